The first kappa shape index (κ1) is 26.5. The van der Waals surface area contributed by atoms with E-state index in [4.69, 9.17) is 20.2 Å². The fourth-order valence-electron chi connectivity index (χ4n) is 5.31. The molecule has 0 spiro atoms. The molecule has 0 radical (unpaired) electrons. The van der Waals surface area contributed by atoms with Gasteiger partial charge in [-0.1, -0.05) is 0 Å². The van der Waals surface area contributed by atoms with Crippen molar-refractivity contribution in [2.24, 2.45) is 11.7 Å². The molecule has 3 heterocycles. The first-order chi connectivity index (χ1) is 18.6. The van der Waals surface area contributed by atoms with E-state index in [9.17, 15) is 14.0 Å². The van der Waals surface area contributed by atoms with Gasteiger partial charge in [0.25, 0.3) is 5.91 Å². The van der Waals surface area contributed by atoms with E-state index in [0.29, 0.717) is 48.4 Å². The zero-order valence-corrected chi connectivity index (χ0v) is 22.4. The van der Waals surface area contributed by atoms with Gasteiger partial charge in [0.1, 0.15) is 34.4 Å². The van der Waals surface area contributed by atoms with Gasteiger partial charge in [-0.25, -0.2) is 18.8 Å². The van der Waals surface area contributed by atoms with Crippen LogP contribution in [0, 0.1) is 11.7 Å². The third-order valence-electron chi connectivity index (χ3n) is 7.13. The summed E-state index contributed by atoms with van der Waals surface area (Å²) in [6, 6.07) is 13.0. The zero-order valence-electron chi connectivity index (χ0n) is 22.4. The summed E-state index contributed by atoms with van der Waals surface area (Å²) < 4.78 is 26.3. The number of nitrogens with one attached hydrogen (secondary N) is 1. The van der Waals surface area contributed by atoms with E-state index in [0.717, 1.165) is 30.7 Å². The molecular formula is C29H34FN5O4. The summed E-state index contributed by atoms with van der Waals surface area (Å²) in [5.74, 6) is 1.41. The van der Waals surface area contributed by atoms with Crippen molar-refractivity contribution in [2.75, 3.05) is 25.1 Å². The lowest BCUT2D eigenvalue weighted by Crippen LogP contribution is -2.43. The molecule has 5 rings (SSSR count). The van der Waals surface area contributed by atoms with Crippen LogP contribution in [0.4, 0.5) is 9.18 Å². The van der Waals surface area contributed by atoms with E-state index >= 15 is 0 Å². The average Bonchev–Trinajstić information content (AvgIpc) is 3.30. The van der Waals surface area contributed by atoms with Gasteiger partial charge in [0, 0.05) is 31.1 Å². The minimum Gasteiger partial charge on any atom is -0.457 e. The van der Waals surface area contributed by atoms with Crippen molar-refractivity contribution >= 4 is 12.0 Å². The molecular weight excluding hydrogens is 501 g/mol. The fraction of sp³-hybridized carbons (Fsp3) is 0.414. The molecule has 0 bridgehead atoms. The van der Waals surface area contributed by atoms with E-state index in [1.54, 1.807) is 33.8 Å². The van der Waals surface area contributed by atoms with Gasteiger partial charge < -0.3 is 25.5 Å². The number of hydrogen-bond acceptors (Lipinski definition) is 6. The normalized spacial score (nSPS) is 17.7. The van der Waals surface area contributed by atoms with E-state index in [-0.39, 0.29) is 17.8 Å². The van der Waals surface area contributed by atoms with E-state index < -0.39 is 11.5 Å². The lowest BCUT2D eigenvalue weighted by molar-refractivity contribution is 0.0170. The molecule has 1 aromatic heterocycles. The molecule has 1 fully saturated rings. The molecule has 10 heteroatoms. The van der Waals surface area contributed by atoms with Crippen LogP contribution in [-0.2, 0) is 4.74 Å². The molecule has 0 saturated carbocycles. The molecule has 206 valence electrons. The fourth-order valence-corrected chi connectivity index (χ4v) is 5.31. The summed E-state index contributed by atoms with van der Waals surface area (Å²) in [5.41, 5.74) is 10.2. The van der Waals surface area contributed by atoms with Crippen molar-refractivity contribution in [3.05, 3.63) is 65.9 Å². The van der Waals surface area contributed by atoms with Crippen LogP contribution in [-0.4, -0.2) is 51.8 Å². The molecule has 1 unspecified atom stereocenters. The van der Waals surface area contributed by atoms with Gasteiger partial charge in [0.05, 0.1) is 0 Å². The molecule has 1 saturated heterocycles. The maximum atomic E-state index is 13.2. The second-order valence-electron chi connectivity index (χ2n) is 11.1. The number of nitrogens with two attached hydrogens (primary N) is 1. The summed E-state index contributed by atoms with van der Waals surface area (Å²) in [6.45, 7) is 7.53. The summed E-state index contributed by atoms with van der Waals surface area (Å²) in [7, 11) is 0. The number of likely N-dealkylation sites (tertiary alicyclic amines) is 1. The quantitative estimate of drug-likeness (QED) is 0.461. The Kier molecular flexibility index (Phi) is 7.20. The number of hydrogen-bond donors (Lipinski definition) is 2. The Morgan fingerprint density at radius 2 is 1.62 bits per heavy atom. The molecule has 9 nitrogen and oxygen atoms in total. The number of fused-ring (bicyclic) bond motifs is 1. The Labute approximate surface area is 227 Å². The van der Waals surface area contributed by atoms with Crippen molar-refractivity contribution in [3.63, 3.8) is 0 Å². The average molecular weight is 536 g/mol. The monoisotopic (exact) mass is 535 g/mol. The number of carbonyl (C=O) groups is 2. The molecule has 2 aromatic carbocycles. The number of amides is 2. The van der Waals surface area contributed by atoms with Gasteiger partial charge >= 0.3 is 6.09 Å². The second-order valence-corrected chi connectivity index (χ2v) is 11.1. The number of aromatic nitrogens is 2. The number of rotatable bonds is 5. The van der Waals surface area contributed by atoms with Crippen LogP contribution in [0.25, 0.3) is 11.3 Å². The lowest BCUT2D eigenvalue weighted by Gasteiger charge is -2.38. The van der Waals surface area contributed by atoms with Crippen molar-refractivity contribution in [1.29, 1.82) is 0 Å². The molecule has 1 atom stereocenters. The summed E-state index contributed by atoms with van der Waals surface area (Å²) in [4.78, 5) is 31.8. The van der Waals surface area contributed by atoms with Crippen LogP contribution in [0.3, 0.4) is 0 Å². The Hall–Kier alpha value is -4.08. The molecule has 2 aliphatic heterocycles. The van der Waals surface area contributed by atoms with Crippen LogP contribution in [0.5, 0.6) is 11.5 Å². The third-order valence-corrected chi connectivity index (χ3v) is 7.13. The number of benzene rings is 2. The number of piperidine rings is 1. The number of carbonyl (C=O) groups excluding carboxylic acids is 2. The highest BCUT2D eigenvalue weighted by Crippen LogP contribution is 2.39. The summed E-state index contributed by atoms with van der Waals surface area (Å²) >= 11 is 0. The molecule has 2 aliphatic rings. The Morgan fingerprint density at radius 3 is 2.21 bits per heavy atom. The highest BCUT2D eigenvalue weighted by Gasteiger charge is 2.37. The molecule has 0 aliphatic carbocycles. The largest absolute Gasteiger partial charge is 0.457 e. The van der Waals surface area contributed by atoms with Crippen LogP contribution >= 0.6 is 0 Å². The minimum atomic E-state index is -0.566. The van der Waals surface area contributed by atoms with Gasteiger partial charge in [0.2, 0.25) is 0 Å². The van der Waals surface area contributed by atoms with Crippen LogP contribution in [0.2, 0.25) is 0 Å². The third kappa shape index (κ3) is 5.84. The summed E-state index contributed by atoms with van der Waals surface area (Å²) in [6.07, 6.45) is 2.25. The Morgan fingerprint density at radius 1 is 1.00 bits per heavy atom. The number of imidazole rings is 1. The molecule has 39 heavy (non-hydrogen) atoms. The standard InChI is InChI=1S/C29H34FN5O4/c1-29(2,3)39-28(37)34-16-13-18(14-17-34)23-12-15-32-35-25(26(31)36)24(33-27(23)35)19-4-8-21(9-5-19)38-22-10-6-20(30)7-11-22/h4-11,18,23,32H,12-17H2,1-3H3,(H2,31,36). The van der Waals surface area contributed by atoms with Crippen LogP contribution < -0.4 is 15.9 Å². The first-order valence-corrected chi connectivity index (χ1v) is 13.3. The van der Waals surface area contributed by atoms with Crippen LogP contribution in [0.15, 0.2) is 48.5 Å². The number of primary amides is 1. The van der Waals surface area contributed by atoms with Gasteiger partial charge in [-0.15, -0.1) is 0 Å². The number of ether oxygens (including phenoxy) is 2. The predicted molar refractivity (Wildman–Crippen MR) is 145 cm³/mol. The predicted octanol–water partition coefficient (Wildman–Crippen LogP) is 5.26. The highest BCUT2D eigenvalue weighted by molar-refractivity contribution is 5.97. The number of nitrogens with zero attached hydrogens (tertiary/aromatic N) is 3. The smallest absolute Gasteiger partial charge is 0.410 e. The minimum absolute atomic E-state index is 0.125. The van der Waals surface area contributed by atoms with Gasteiger partial charge in [0.15, 0.2) is 5.69 Å². The lowest BCUT2D eigenvalue weighted by atomic mass is 9.81. The van der Waals surface area contributed by atoms with Crippen molar-refractivity contribution in [2.45, 2.75) is 51.6 Å². The van der Waals surface area contributed by atoms with Gasteiger partial charge in [-0.05, 0) is 94.5 Å². The Balaban J connectivity index is 1.35. The Bertz CT molecular complexity index is 1340. The van der Waals surface area contributed by atoms with Crippen molar-refractivity contribution < 1.29 is 23.5 Å². The van der Waals surface area contributed by atoms with Crippen molar-refractivity contribution in [3.8, 4) is 22.8 Å². The number of halogens is 1. The first-order valence-electron chi connectivity index (χ1n) is 13.3. The van der Waals surface area contributed by atoms with E-state index in [1.807, 2.05) is 32.9 Å². The zero-order chi connectivity index (χ0) is 27.7. The molecule has 2 amide bonds. The maximum absolute atomic E-state index is 13.2. The topological polar surface area (TPSA) is 112 Å². The van der Waals surface area contributed by atoms with Gasteiger partial charge in [-0.2, -0.15) is 0 Å². The van der Waals surface area contributed by atoms with Crippen molar-refractivity contribution in [1.82, 2.24) is 14.6 Å². The molecule has 3 aromatic rings. The van der Waals surface area contributed by atoms with E-state index in [2.05, 4.69) is 5.43 Å². The van der Waals surface area contributed by atoms with E-state index in [1.165, 1.54) is 12.1 Å². The highest BCUT2D eigenvalue weighted by atomic mass is 19.1. The van der Waals surface area contributed by atoms with Gasteiger partial charge in [-0.3, -0.25) is 4.79 Å². The molecule has 3 N–H and O–H groups in total. The summed E-state index contributed by atoms with van der Waals surface area (Å²) in [5, 5.41) is 0. The van der Waals surface area contributed by atoms with Crippen LogP contribution in [0.1, 0.15) is 62.3 Å². The SMILES string of the molecule is CC(C)(C)OC(=O)N1CCC(C2CCNn3c2nc(-c2ccc(Oc4ccc(F)cc4)cc2)c3C(N)=O)CC1. The second kappa shape index (κ2) is 10.6. The maximum Gasteiger partial charge on any atom is 0.410 e.